The van der Waals surface area contributed by atoms with Gasteiger partial charge in [0.2, 0.25) is 11.8 Å². The van der Waals surface area contributed by atoms with Gasteiger partial charge in [-0.05, 0) is 18.2 Å². The third-order valence-corrected chi connectivity index (χ3v) is 2.56. The lowest BCUT2D eigenvalue weighted by Crippen LogP contribution is -1.96. The van der Waals surface area contributed by atoms with Crippen LogP contribution < -0.4 is 10.5 Å². The van der Waals surface area contributed by atoms with Crippen molar-refractivity contribution in [2.45, 2.75) is 0 Å². The Balaban J connectivity index is 2.30. The van der Waals surface area contributed by atoms with Crippen LogP contribution in [0, 0.1) is 0 Å². The lowest BCUT2D eigenvalue weighted by atomic mass is 10.3. The standard InChI is InChI=1S/C10H7BrClN3O/c11-6-1-2-7(12)8(5-6)16-9-3-4-14-10(13)15-9/h1-5H,(H2,13,14,15). The second-order valence-corrected chi connectivity index (χ2v) is 4.25. The zero-order valence-corrected chi connectivity index (χ0v) is 10.4. The first-order valence-electron chi connectivity index (χ1n) is 4.36. The van der Waals surface area contributed by atoms with Gasteiger partial charge in [0, 0.05) is 16.7 Å². The second-order valence-electron chi connectivity index (χ2n) is 2.93. The van der Waals surface area contributed by atoms with E-state index >= 15 is 0 Å². The van der Waals surface area contributed by atoms with E-state index in [2.05, 4.69) is 25.9 Å². The Labute approximate surface area is 106 Å². The Kier molecular flexibility index (Phi) is 3.26. The van der Waals surface area contributed by atoms with Gasteiger partial charge in [0.05, 0.1) is 5.02 Å². The highest BCUT2D eigenvalue weighted by molar-refractivity contribution is 9.10. The van der Waals surface area contributed by atoms with Crippen LogP contribution >= 0.6 is 27.5 Å². The molecule has 0 saturated carbocycles. The lowest BCUT2D eigenvalue weighted by Gasteiger charge is -2.06. The first kappa shape index (κ1) is 11.2. The number of anilines is 1. The molecule has 0 amide bonds. The van der Waals surface area contributed by atoms with E-state index in [9.17, 15) is 0 Å². The number of benzene rings is 1. The third kappa shape index (κ3) is 2.62. The number of nitrogen functional groups attached to an aromatic ring is 1. The van der Waals surface area contributed by atoms with E-state index in [1.165, 1.54) is 6.20 Å². The van der Waals surface area contributed by atoms with Gasteiger partial charge in [0.1, 0.15) is 5.75 Å². The predicted molar refractivity (Wildman–Crippen MR) is 65.7 cm³/mol. The van der Waals surface area contributed by atoms with E-state index in [4.69, 9.17) is 22.1 Å². The minimum atomic E-state index is 0.156. The molecule has 0 bridgehead atoms. The van der Waals surface area contributed by atoms with E-state index in [0.29, 0.717) is 16.7 Å². The fraction of sp³-hybridized carbons (Fsp3) is 0. The maximum atomic E-state index is 5.97. The van der Waals surface area contributed by atoms with E-state index < -0.39 is 0 Å². The van der Waals surface area contributed by atoms with Crippen LogP contribution in [0.1, 0.15) is 0 Å². The number of ether oxygens (including phenoxy) is 1. The molecule has 2 N–H and O–H groups in total. The molecule has 0 unspecified atom stereocenters. The average molecular weight is 301 g/mol. The van der Waals surface area contributed by atoms with Crippen LogP contribution in [0.5, 0.6) is 11.6 Å². The summed E-state index contributed by atoms with van der Waals surface area (Å²) in [5, 5.41) is 0.500. The van der Waals surface area contributed by atoms with Crippen molar-refractivity contribution in [3.63, 3.8) is 0 Å². The largest absolute Gasteiger partial charge is 0.437 e. The first-order valence-corrected chi connectivity index (χ1v) is 5.53. The number of hydrogen-bond donors (Lipinski definition) is 1. The monoisotopic (exact) mass is 299 g/mol. The Bertz CT molecular complexity index is 521. The molecule has 2 rings (SSSR count). The molecule has 0 radical (unpaired) electrons. The molecule has 1 heterocycles. The number of aromatic nitrogens is 2. The zero-order chi connectivity index (χ0) is 11.5. The highest BCUT2D eigenvalue weighted by atomic mass is 79.9. The molecular weight excluding hydrogens is 293 g/mol. The maximum Gasteiger partial charge on any atom is 0.224 e. The van der Waals surface area contributed by atoms with Crippen molar-refractivity contribution in [1.29, 1.82) is 0 Å². The molecule has 0 aliphatic carbocycles. The molecule has 1 aromatic carbocycles. The summed E-state index contributed by atoms with van der Waals surface area (Å²) < 4.78 is 6.35. The van der Waals surface area contributed by atoms with Gasteiger partial charge < -0.3 is 10.5 Å². The van der Waals surface area contributed by atoms with Gasteiger partial charge in [-0.3, -0.25) is 0 Å². The summed E-state index contributed by atoms with van der Waals surface area (Å²) in [5.41, 5.74) is 5.44. The summed E-state index contributed by atoms with van der Waals surface area (Å²) in [7, 11) is 0. The van der Waals surface area contributed by atoms with Crippen molar-refractivity contribution in [2.75, 3.05) is 5.73 Å². The molecule has 0 spiro atoms. The zero-order valence-electron chi connectivity index (χ0n) is 8.02. The van der Waals surface area contributed by atoms with Crippen LogP contribution in [0.3, 0.4) is 0 Å². The van der Waals surface area contributed by atoms with E-state index in [0.717, 1.165) is 4.47 Å². The van der Waals surface area contributed by atoms with Crippen molar-refractivity contribution in [3.8, 4) is 11.6 Å². The highest BCUT2D eigenvalue weighted by Crippen LogP contribution is 2.31. The number of nitrogens with two attached hydrogens (primary N) is 1. The SMILES string of the molecule is Nc1nccc(Oc2cc(Br)ccc2Cl)n1. The Hall–Kier alpha value is -1.33. The summed E-state index contributed by atoms with van der Waals surface area (Å²) in [6.45, 7) is 0. The van der Waals surface area contributed by atoms with Crippen LogP contribution in [0.4, 0.5) is 5.95 Å². The third-order valence-electron chi connectivity index (χ3n) is 1.76. The smallest absolute Gasteiger partial charge is 0.224 e. The van der Waals surface area contributed by atoms with Gasteiger partial charge in [-0.25, -0.2) is 4.98 Å². The molecule has 1 aromatic heterocycles. The first-order chi connectivity index (χ1) is 7.65. The molecule has 0 saturated heterocycles. The van der Waals surface area contributed by atoms with Crippen LogP contribution in [-0.2, 0) is 0 Å². The molecule has 2 aromatic rings. The normalized spacial score (nSPS) is 10.1. The molecule has 0 aliphatic heterocycles. The molecule has 0 fully saturated rings. The quantitative estimate of drug-likeness (QED) is 0.924. The van der Waals surface area contributed by atoms with Crippen molar-refractivity contribution in [3.05, 3.63) is 40.0 Å². The van der Waals surface area contributed by atoms with Gasteiger partial charge in [-0.2, -0.15) is 4.98 Å². The van der Waals surface area contributed by atoms with E-state index in [-0.39, 0.29) is 5.95 Å². The van der Waals surface area contributed by atoms with Gasteiger partial charge in [-0.1, -0.05) is 27.5 Å². The molecule has 4 nitrogen and oxygen atoms in total. The Morgan fingerprint density at radius 1 is 1.31 bits per heavy atom. The van der Waals surface area contributed by atoms with Crippen LogP contribution in [0.2, 0.25) is 5.02 Å². The maximum absolute atomic E-state index is 5.97. The molecular formula is C10H7BrClN3O. The van der Waals surface area contributed by atoms with Gasteiger partial charge in [-0.15, -0.1) is 0 Å². The van der Waals surface area contributed by atoms with Crippen LogP contribution in [0.15, 0.2) is 34.9 Å². The summed E-state index contributed by atoms with van der Waals surface area (Å²) in [4.78, 5) is 7.68. The summed E-state index contributed by atoms with van der Waals surface area (Å²) in [6.07, 6.45) is 1.52. The number of hydrogen-bond acceptors (Lipinski definition) is 4. The summed E-state index contributed by atoms with van der Waals surface area (Å²) >= 11 is 9.29. The number of nitrogens with zero attached hydrogens (tertiary/aromatic N) is 2. The van der Waals surface area contributed by atoms with Crippen molar-refractivity contribution in [2.24, 2.45) is 0 Å². The average Bonchev–Trinajstić information content (AvgIpc) is 2.24. The second kappa shape index (κ2) is 4.67. The lowest BCUT2D eigenvalue weighted by molar-refractivity contribution is 0.462. The van der Waals surface area contributed by atoms with Crippen LogP contribution in [0.25, 0.3) is 0 Å². The number of halogens is 2. The predicted octanol–water partition coefficient (Wildman–Crippen LogP) is 3.27. The molecule has 0 atom stereocenters. The van der Waals surface area contributed by atoms with Crippen LogP contribution in [-0.4, -0.2) is 9.97 Å². The summed E-state index contributed by atoms with van der Waals surface area (Å²) in [5.74, 6) is 1.02. The van der Waals surface area contributed by atoms with Gasteiger partial charge >= 0.3 is 0 Å². The molecule has 16 heavy (non-hydrogen) atoms. The van der Waals surface area contributed by atoms with Gasteiger partial charge in [0.15, 0.2) is 0 Å². The van der Waals surface area contributed by atoms with E-state index in [1.807, 2.05) is 6.07 Å². The molecule has 82 valence electrons. The van der Waals surface area contributed by atoms with Crippen molar-refractivity contribution >= 4 is 33.5 Å². The number of rotatable bonds is 2. The minimum Gasteiger partial charge on any atom is -0.437 e. The Morgan fingerprint density at radius 3 is 2.88 bits per heavy atom. The highest BCUT2D eigenvalue weighted by Gasteiger charge is 2.05. The molecule has 0 aliphatic rings. The van der Waals surface area contributed by atoms with E-state index in [1.54, 1.807) is 18.2 Å². The Morgan fingerprint density at radius 2 is 2.12 bits per heavy atom. The fourth-order valence-electron chi connectivity index (χ4n) is 1.08. The van der Waals surface area contributed by atoms with Crippen molar-refractivity contribution in [1.82, 2.24) is 9.97 Å². The summed E-state index contributed by atoms with van der Waals surface area (Å²) in [6, 6.07) is 6.91. The minimum absolute atomic E-state index is 0.156. The van der Waals surface area contributed by atoms with Crippen molar-refractivity contribution < 1.29 is 4.74 Å². The topological polar surface area (TPSA) is 61.0 Å². The van der Waals surface area contributed by atoms with Gasteiger partial charge in [0.25, 0.3) is 0 Å². The fourth-order valence-corrected chi connectivity index (χ4v) is 1.58. The molecule has 6 heteroatoms.